The number of benzene rings is 2. The van der Waals surface area contributed by atoms with Gasteiger partial charge >= 0.3 is 0 Å². The zero-order chi connectivity index (χ0) is 20.3. The van der Waals surface area contributed by atoms with Crippen LogP contribution in [0.1, 0.15) is 27.8 Å². The Kier molecular flexibility index (Phi) is 6.17. The summed E-state index contributed by atoms with van der Waals surface area (Å²) in [5.41, 5.74) is 5.88. The van der Waals surface area contributed by atoms with Gasteiger partial charge in [-0.05, 0) is 62.4 Å². The van der Waals surface area contributed by atoms with E-state index in [1.54, 1.807) is 0 Å². The Morgan fingerprint density at radius 1 is 1.04 bits per heavy atom. The maximum absolute atomic E-state index is 12.3. The minimum absolute atomic E-state index is 0.104. The summed E-state index contributed by atoms with van der Waals surface area (Å²) in [5, 5.41) is 14.3. The Morgan fingerprint density at radius 2 is 1.79 bits per heavy atom. The van der Waals surface area contributed by atoms with Gasteiger partial charge in [-0.15, -0.1) is 0 Å². The number of aromatic amines is 1. The molecule has 5 heteroatoms. The van der Waals surface area contributed by atoms with Gasteiger partial charge in [-0.3, -0.25) is 4.79 Å². The lowest BCUT2D eigenvalue weighted by atomic mass is 10.1. The monoisotopic (exact) mass is 380 g/mol. The van der Waals surface area contributed by atoms with Gasteiger partial charge in [-0.2, -0.15) is 0 Å². The molecule has 2 aromatic carbocycles. The number of H-pyrrole nitrogens is 1. The molecule has 0 radical (unpaired) electrons. The molecule has 1 heterocycles. The zero-order valence-electron chi connectivity index (χ0n) is 16.9. The fourth-order valence-electron chi connectivity index (χ4n) is 3.44. The van der Waals surface area contributed by atoms with Crippen LogP contribution in [0.15, 0.2) is 41.2 Å². The van der Waals surface area contributed by atoms with Crippen LogP contribution in [-0.2, 0) is 6.54 Å². The average molecular weight is 380 g/mol. The molecule has 0 saturated heterocycles. The maximum Gasteiger partial charge on any atom is 0.252 e. The van der Waals surface area contributed by atoms with Gasteiger partial charge in [0.1, 0.15) is 18.5 Å². The van der Waals surface area contributed by atoms with Crippen molar-refractivity contribution in [3.8, 4) is 5.75 Å². The highest BCUT2D eigenvalue weighted by Crippen LogP contribution is 2.19. The highest BCUT2D eigenvalue weighted by Gasteiger charge is 2.09. The van der Waals surface area contributed by atoms with Crippen molar-refractivity contribution in [3.05, 3.63) is 74.6 Å². The van der Waals surface area contributed by atoms with Crippen molar-refractivity contribution in [2.75, 3.05) is 13.2 Å². The number of fused-ring (bicyclic) bond motifs is 1. The van der Waals surface area contributed by atoms with Crippen LogP contribution in [0.4, 0.5) is 0 Å². The number of hydrogen-bond acceptors (Lipinski definition) is 4. The zero-order valence-corrected chi connectivity index (χ0v) is 16.9. The van der Waals surface area contributed by atoms with Crippen LogP contribution in [0.5, 0.6) is 5.75 Å². The lowest BCUT2D eigenvalue weighted by Crippen LogP contribution is -2.32. The first-order chi connectivity index (χ1) is 13.3. The van der Waals surface area contributed by atoms with Gasteiger partial charge in [0.15, 0.2) is 0 Å². The van der Waals surface area contributed by atoms with Crippen LogP contribution in [0.25, 0.3) is 10.9 Å². The number of nitrogens with one attached hydrogen (secondary N) is 2. The number of aromatic nitrogens is 1. The first kappa shape index (κ1) is 20.1. The molecule has 28 heavy (non-hydrogen) atoms. The SMILES string of the molecule is Cc1ccc(OC[C@H](O)CNCc2cc3cc(C)cc(C)c3[nH]c2=O)c(C)c1. The Morgan fingerprint density at radius 3 is 2.54 bits per heavy atom. The summed E-state index contributed by atoms with van der Waals surface area (Å²) in [4.78, 5) is 15.3. The van der Waals surface area contributed by atoms with E-state index in [0.717, 1.165) is 33.3 Å². The van der Waals surface area contributed by atoms with E-state index in [1.165, 1.54) is 5.56 Å². The predicted molar refractivity (Wildman–Crippen MR) is 113 cm³/mol. The number of pyridine rings is 1. The lowest BCUT2D eigenvalue weighted by molar-refractivity contribution is 0.106. The summed E-state index contributed by atoms with van der Waals surface area (Å²) < 4.78 is 5.71. The third-order valence-electron chi connectivity index (χ3n) is 4.83. The molecule has 1 aromatic heterocycles. The molecular formula is C23H28N2O3. The molecular weight excluding hydrogens is 352 g/mol. The number of rotatable bonds is 7. The second kappa shape index (κ2) is 8.59. The molecule has 0 aliphatic rings. The summed E-state index contributed by atoms with van der Waals surface area (Å²) in [6, 6.07) is 12.0. The summed E-state index contributed by atoms with van der Waals surface area (Å²) in [7, 11) is 0. The van der Waals surface area contributed by atoms with Crippen LogP contribution in [-0.4, -0.2) is 29.3 Å². The summed E-state index contributed by atoms with van der Waals surface area (Å²) in [5.74, 6) is 0.779. The molecule has 0 saturated carbocycles. The first-order valence-corrected chi connectivity index (χ1v) is 9.55. The maximum atomic E-state index is 12.3. The highest BCUT2D eigenvalue weighted by molar-refractivity contribution is 5.82. The van der Waals surface area contributed by atoms with Crippen LogP contribution in [0, 0.1) is 27.7 Å². The highest BCUT2D eigenvalue weighted by atomic mass is 16.5. The topological polar surface area (TPSA) is 74.3 Å². The number of aryl methyl sites for hydroxylation is 4. The number of aliphatic hydroxyl groups excluding tert-OH is 1. The second-order valence-electron chi connectivity index (χ2n) is 7.53. The van der Waals surface area contributed by atoms with Crippen molar-refractivity contribution in [2.45, 2.75) is 40.3 Å². The van der Waals surface area contributed by atoms with Crippen molar-refractivity contribution < 1.29 is 9.84 Å². The molecule has 3 rings (SSSR count). The van der Waals surface area contributed by atoms with Crippen LogP contribution < -0.4 is 15.6 Å². The lowest BCUT2D eigenvalue weighted by Gasteiger charge is -2.15. The summed E-state index contributed by atoms with van der Waals surface area (Å²) >= 11 is 0. The van der Waals surface area contributed by atoms with Gasteiger partial charge in [0, 0.05) is 18.7 Å². The van der Waals surface area contributed by atoms with Crippen molar-refractivity contribution in [2.24, 2.45) is 0 Å². The van der Waals surface area contributed by atoms with E-state index in [2.05, 4.69) is 28.5 Å². The van der Waals surface area contributed by atoms with Crippen molar-refractivity contribution in [1.29, 1.82) is 0 Å². The van der Waals surface area contributed by atoms with Gasteiger partial charge in [0.2, 0.25) is 0 Å². The molecule has 0 spiro atoms. The van der Waals surface area contributed by atoms with E-state index >= 15 is 0 Å². The Balaban J connectivity index is 1.57. The molecule has 3 N–H and O–H groups in total. The van der Waals surface area contributed by atoms with E-state index in [0.29, 0.717) is 18.7 Å². The van der Waals surface area contributed by atoms with Crippen molar-refractivity contribution in [3.63, 3.8) is 0 Å². The minimum atomic E-state index is -0.662. The smallest absolute Gasteiger partial charge is 0.252 e. The quantitative estimate of drug-likeness (QED) is 0.588. The van der Waals surface area contributed by atoms with Gasteiger partial charge in [0.05, 0.1) is 5.52 Å². The van der Waals surface area contributed by atoms with E-state index in [-0.39, 0.29) is 12.2 Å². The van der Waals surface area contributed by atoms with Gasteiger partial charge in [-0.25, -0.2) is 0 Å². The standard InChI is InChI=1S/C23H28N2O3/c1-14-5-6-21(16(3)7-14)28-13-20(26)12-24-11-19-10-18-9-15(2)8-17(4)22(18)25-23(19)27/h5-10,20,24,26H,11-13H2,1-4H3,(H,25,27)/t20-/m1/s1. The minimum Gasteiger partial charge on any atom is -0.491 e. The van der Waals surface area contributed by atoms with Crippen LogP contribution in [0.2, 0.25) is 0 Å². The third-order valence-corrected chi connectivity index (χ3v) is 4.83. The molecule has 0 unspecified atom stereocenters. The van der Waals surface area contributed by atoms with Gasteiger partial charge in [-0.1, -0.05) is 29.3 Å². The van der Waals surface area contributed by atoms with E-state index in [9.17, 15) is 9.90 Å². The van der Waals surface area contributed by atoms with Crippen molar-refractivity contribution in [1.82, 2.24) is 10.3 Å². The number of hydrogen-bond donors (Lipinski definition) is 3. The van der Waals surface area contributed by atoms with E-state index in [1.807, 2.05) is 45.9 Å². The molecule has 148 valence electrons. The van der Waals surface area contributed by atoms with Crippen LogP contribution in [0.3, 0.4) is 0 Å². The van der Waals surface area contributed by atoms with E-state index < -0.39 is 6.10 Å². The second-order valence-corrected chi connectivity index (χ2v) is 7.53. The summed E-state index contributed by atoms with van der Waals surface area (Å²) in [6.45, 7) is 8.99. The molecule has 1 atom stereocenters. The van der Waals surface area contributed by atoms with Crippen LogP contribution >= 0.6 is 0 Å². The first-order valence-electron chi connectivity index (χ1n) is 9.55. The predicted octanol–water partition coefficient (Wildman–Crippen LogP) is 3.29. The third kappa shape index (κ3) is 4.80. The molecule has 0 bridgehead atoms. The Labute approximate surface area is 165 Å². The van der Waals surface area contributed by atoms with Gasteiger partial charge in [0.25, 0.3) is 5.56 Å². The largest absolute Gasteiger partial charge is 0.491 e. The average Bonchev–Trinajstić information content (AvgIpc) is 2.62. The van der Waals surface area contributed by atoms with Crippen molar-refractivity contribution >= 4 is 10.9 Å². The fraction of sp³-hybridized carbons (Fsp3) is 0.348. The molecule has 0 fully saturated rings. The fourth-order valence-corrected chi connectivity index (χ4v) is 3.44. The number of ether oxygens (including phenoxy) is 1. The Bertz CT molecular complexity index is 1040. The molecule has 0 amide bonds. The normalized spacial score (nSPS) is 12.3. The molecule has 3 aromatic rings. The molecule has 0 aliphatic carbocycles. The molecule has 0 aliphatic heterocycles. The molecule has 5 nitrogen and oxygen atoms in total. The Hall–Kier alpha value is -2.63. The summed E-state index contributed by atoms with van der Waals surface area (Å²) in [6.07, 6.45) is -0.662. The van der Waals surface area contributed by atoms with Gasteiger partial charge < -0.3 is 20.1 Å². The van der Waals surface area contributed by atoms with E-state index in [4.69, 9.17) is 4.74 Å². The number of aliphatic hydroxyl groups is 1.